The van der Waals surface area contributed by atoms with E-state index in [4.69, 9.17) is 5.73 Å². The Morgan fingerprint density at radius 1 is 1.29 bits per heavy atom. The fraction of sp³-hybridized carbons (Fsp3) is 0.500. The van der Waals surface area contributed by atoms with E-state index in [1.54, 1.807) is 0 Å². The number of nitrogens with two attached hydrogens (primary N) is 1. The van der Waals surface area contributed by atoms with E-state index >= 15 is 0 Å². The molecule has 0 aromatic heterocycles. The van der Waals surface area contributed by atoms with E-state index in [9.17, 15) is 0 Å². The zero-order valence-corrected chi connectivity index (χ0v) is 11.0. The molecular weight excluding hydrogens is 285 g/mol. The average molecular weight is 303 g/mol. The predicted octanol–water partition coefficient (Wildman–Crippen LogP) is 3.52. The van der Waals surface area contributed by atoms with E-state index in [1.165, 1.54) is 15.6 Å². The van der Waals surface area contributed by atoms with Gasteiger partial charge in [-0.1, -0.05) is 19.1 Å². The molecule has 1 aromatic carbocycles. The maximum absolute atomic E-state index is 5.83. The summed E-state index contributed by atoms with van der Waals surface area (Å²) in [6.07, 6.45) is 2.25. The fourth-order valence-corrected chi connectivity index (χ4v) is 2.08. The Morgan fingerprint density at radius 2 is 1.86 bits per heavy atom. The molecule has 1 nitrogen and oxygen atoms in total. The van der Waals surface area contributed by atoms with Crippen LogP contribution in [0, 0.1) is 3.57 Å². The summed E-state index contributed by atoms with van der Waals surface area (Å²) in [5, 5.41) is 0. The SMILES string of the molecule is CCC(CC(C)N)c1ccc(I)cc1. The van der Waals surface area contributed by atoms with E-state index < -0.39 is 0 Å². The summed E-state index contributed by atoms with van der Waals surface area (Å²) in [7, 11) is 0. The predicted molar refractivity (Wildman–Crippen MR) is 70.5 cm³/mol. The number of hydrogen-bond donors (Lipinski definition) is 1. The van der Waals surface area contributed by atoms with Gasteiger partial charge in [-0.25, -0.2) is 0 Å². The maximum atomic E-state index is 5.83. The van der Waals surface area contributed by atoms with Crippen LogP contribution in [0.15, 0.2) is 24.3 Å². The molecule has 0 aliphatic rings. The zero-order valence-electron chi connectivity index (χ0n) is 8.83. The number of rotatable bonds is 4. The Kier molecular flexibility index (Phi) is 4.89. The largest absolute Gasteiger partial charge is 0.328 e. The Bertz CT molecular complexity index is 266. The second-order valence-electron chi connectivity index (χ2n) is 3.87. The van der Waals surface area contributed by atoms with Crippen molar-refractivity contribution in [1.82, 2.24) is 0 Å². The molecule has 2 unspecified atom stereocenters. The van der Waals surface area contributed by atoms with Gasteiger partial charge in [0.15, 0.2) is 0 Å². The minimum absolute atomic E-state index is 0.291. The molecule has 2 atom stereocenters. The smallest absolute Gasteiger partial charge is 0.0130 e. The third-order valence-corrected chi connectivity index (χ3v) is 3.21. The molecule has 78 valence electrons. The minimum atomic E-state index is 0.291. The van der Waals surface area contributed by atoms with Crippen LogP contribution in [0.2, 0.25) is 0 Å². The molecule has 0 saturated carbocycles. The summed E-state index contributed by atoms with van der Waals surface area (Å²) in [6, 6.07) is 9.06. The summed E-state index contributed by atoms with van der Waals surface area (Å²) < 4.78 is 1.29. The second-order valence-corrected chi connectivity index (χ2v) is 5.12. The first-order chi connectivity index (χ1) is 6.63. The molecule has 2 heteroatoms. The van der Waals surface area contributed by atoms with Gasteiger partial charge in [-0.2, -0.15) is 0 Å². The Morgan fingerprint density at radius 3 is 2.29 bits per heavy atom. The molecule has 0 fully saturated rings. The molecule has 0 spiro atoms. The van der Waals surface area contributed by atoms with Gasteiger partial charge in [0.05, 0.1) is 0 Å². The first kappa shape index (κ1) is 12.0. The standard InChI is InChI=1S/C12H18IN/c1-3-10(8-9(2)14)11-4-6-12(13)7-5-11/h4-7,9-10H,3,8,14H2,1-2H3. The quantitative estimate of drug-likeness (QED) is 0.846. The highest BCUT2D eigenvalue weighted by atomic mass is 127. The fourth-order valence-electron chi connectivity index (χ4n) is 1.72. The van der Waals surface area contributed by atoms with E-state index in [1.807, 2.05) is 0 Å². The van der Waals surface area contributed by atoms with Crippen LogP contribution in [0.25, 0.3) is 0 Å². The molecule has 0 amide bonds. The molecule has 0 radical (unpaired) electrons. The molecule has 1 aromatic rings. The summed E-state index contributed by atoms with van der Waals surface area (Å²) >= 11 is 2.33. The molecule has 2 N–H and O–H groups in total. The van der Waals surface area contributed by atoms with Crippen molar-refractivity contribution in [2.75, 3.05) is 0 Å². The second kappa shape index (κ2) is 5.71. The van der Waals surface area contributed by atoms with Crippen LogP contribution in [0.3, 0.4) is 0 Å². The van der Waals surface area contributed by atoms with Gasteiger partial charge >= 0.3 is 0 Å². The third kappa shape index (κ3) is 3.58. The molecule has 1 rings (SSSR count). The van der Waals surface area contributed by atoms with Gasteiger partial charge in [0, 0.05) is 9.61 Å². The average Bonchev–Trinajstić information content (AvgIpc) is 2.15. The number of halogens is 1. The van der Waals surface area contributed by atoms with E-state index in [-0.39, 0.29) is 0 Å². The van der Waals surface area contributed by atoms with Crippen molar-refractivity contribution in [2.45, 2.75) is 38.6 Å². The minimum Gasteiger partial charge on any atom is -0.328 e. The van der Waals surface area contributed by atoms with Crippen molar-refractivity contribution in [3.8, 4) is 0 Å². The molecule has 14 heavy (non-hydrogen) atoms. The Balaban J connectivity index is 2.73. The van der Waals surface area contributed by atoms with Crippen LogP contribution in [-0.4, -0.2) is 6.04 Å². The van der Waals surface area contributed by atoms with Crippen molar-refractivity contribution in [2.24, 2.45) is 5.73 Å². The topological polar surface area (TPSA) is 26.0 Å². The lowest BCUT2D eigenvalue weighted by atomic mass is 9.91. The van der Waals surface area contributed by atoms with E-state index in [0.29, 0.717) is 12.0 Å². The van der Waals surface area contributed by atoms with E-state index in [2.05, 4.69) is 60.7 Å². The number of benzene rings is 1. The van der Waals surface area contributed by atoms with Crippen LogP contribution in [0.5, 0.6) is 0 Å². The van der Waals surface area contributed by atoms with Gasteiger partial charge in [0.1, 0.15) is 0 Å². The normalized spacial score (nSPS) is 15.1. The highest BCUT2D eigenvalue weighted by Crippen LogP contribution is 2.24. The first-order valence-electron chi connectivity index (χ1n) is 5.14. The lowest BCUT2D eigenvalue weighted by Crippen LogP contribution is -2.18. The van der Waals surface area contributed by atoms with Gasteiger partial charge < -0.3 is 5.73 Å². The van der Waals surface area contributed by atoms with Gasteiger partial charge in [-0.15, -0.1) is 0 Å². The molecular formula is C12H18IN. The molecule has 0 aliphatic heterocycles. The van der Waals surface area contributed by atoms with E-state index in [0.717, 1.165) is 6.42 Å². The zero-order chi connectivity index (χ0) is 10.6. The van der Waals surface area contributed by atoms with Crippen molar-refractivity contribution in [3.63, 3.8) is 0 Å². The van der Waals surface area contributed by atoms with Gasteiger partial charge in [0.25, 0.3) is 0 Å². The third-order valence-electron chi connectivity index (χ3n) is 2.49. The Labute approximate surface area is 100 Å². The van der Waals surface area contributed by atoms with Crippen LogP contribution in [0.4, 0.5) is 0 Å². The van der Waals surface area contributed by atoms with Crippen LogP contribution < -0.4 is 5.73 Å². The maximum Gasteiger partial charge on any atom is 0.0130 e. The molecule has 0 heterocycles. The molecule has 0 saturated heterocycles. The number of hydrogen-bond acceptors (Lipinski definition) is 1. The monoisotopic (exact) mass is 303 g/mol. The lowest BCUT2D eigenvalue weighted by Gasteiger charge is -2.17. The summed E-state index contributed by atoms with van der Waals surface area (Å²) in [6.45, 7) is 4.31. The molecule has 0 bridgehead atoms. The Hall–Kier alpha value is -0.0900. The highest BCUT2D eigenvalue weighted by molar-refractivity contribution is 14.1. The highest BCUT2D eigenvalue weighted by Gasteiger charge is 2.10. The first-order valence-corrected chi connectivity index (χ1v) is 6.22. The lowest BCUT2D eigenvalue weighted by molar-refractivity contribution is 0.540. The van der Waals surface area contributed by atoms with Crippen LogP contribution in [0.1, 0.15) is 38.2 Å². The summed E-state index contributed by atoms with van der Waals surface area (Å²) in [5.41, 5.74) is 7.26. The van der Waals surface area contributed by atoms with Gasteiger partial charge in [-0.05, 0) is 66.0 Å². The van der Waals surface area contributed by atoms with Gasteiger partial charge in [0.2, 0.25) is 0 Å². The van der Waals surface area contributed by atoms with Gasteiger partial charge in [-0.3, -0.25) is 0 Å². The van der Waals surface area contributed by atoms with Crippen LogP contribution in [-0.2, 0) is 0 Å². The molecule has 0 aliphatic carbocycles. The van der Waals surface area contributed by atoms with Crippen LogP contribution >= 0.6 is 22.6 Å². The summed E-state index contributed by atoms with van der Waals surface area (Å²) in [4.78, 5) is 0. The van der Waals surface area contributed by atoms with Crippen molar-refractivity contribution in [3.05, 3.63) is 33.4 Å². The van der Waals surface area contributed by atoms with Crippen molar-refractivity contribution < 1.29 is 0 Å². The summed E-state index contributed by atoms with van der Waals surface area (Å²) in [5.74, 6) is 0.618. The van der Waals surface area contributed by atoms with Crippen molar-refractivity contribution >= 4 is 22.6 Å². The van der Waals surface area contributed by atoms with Crippen molar-refractivity contribution in [1.29, 1.82) is 0 Å².